The largest absolute Gasteiger partial charge is 0.294 e. The van der Waals surface area contributed by atoms with Gasteiger partial charge in [0.2, 0.25) is 0 Å². The van der Waals surface area contributed by atoms with Gasteiger partial charge in [-0.15, -0.1) is 0 Å². The molecule has 19 heavy (non-hydrogen) atoms. The van der Waals surface area contributed by atoms with Crippen LogP contribution in [0.1, 0.15) is 15.9 Å². The fourth-order valence-corrected chi connectivity index (χ4v) is 2.05. The standard InChI is InChI=1S/C14H8BrClF2O/c15-11-3-1-8(6-12(11)16)14(19)7-9-5-10(17)2-4-13(9)18/h1-6H,7H2. The fraction of sp³-hybridized carbons (Fsp3) is 0.0714. The Balaban J connectivity index is 2.25. The molecular weight excluding hydrogens is 338 g/mol. The van der Waals surface area contributed by atoms with Gasteiger partial charge >= 0.3 is 0 Å². The molecule has 2 rings (SSSR count). The molecular formula is C14H8BrClF2O. The van der Waals surface area contributed by atoms with Crippen molar-refractivity contribution in [3.05, 3.63) is 68.7 Å². The second kappa shape index (κ2) is 5.80. The maximum atomic E-state index is 13.4. The van der Waals surface area contributed by atoms with Crippen LogP contribution in [0.15, 0.2) is 40.9 Å². The SMILES string of the molecule is O=C(Cc1cc(F)ccc1F)c1ccc(Br)c(Cl)c1. The van der Waals surface area contributed by atoms with E-state index in [4.69, 9.17) is 11.6 Å². The summed E-state index contributed by atoms with van der Waals surface area (Å²) in [6, 6.07) is 7.75. The van der Waals surface area contributed by atoms with E-state index in [0.29, 0.717) is 15.1 Å². The van der Waals surface area contributed by atoms with Gasteiger partial charge in [0.15, 0.2) is 5.78 Å². The Kier molecular flexibility index (Phi) is 4.32. The van der Waals surface area contributed by atoms with Crippen molar-refractivity contribution in [1.82, 2.24) is 0 Å². The van der Waals surface area contributed by atoms with E-state index < -0.39 is 11.6 Å². The number of benzene rings is 2. The average Bonchev–Trinajstić information content (AvgIpc) is 2.37. The van der Waals surface area contributed by atoms with Crippen LogP contribution >= 0.6 is 27.5 Å². The summed E-state index contributed by atoms with van der Waals surface area (Å²) in [5.74, 6) is -1.49. The summed E-state index contributed by atoms with van der Waals surface area (Å²) in [4.78, 5) is 12.0. The van der Waals surface area contributed by atoms with Crippen molar-refractivity contribution in [1.29, 1.82) is 0 Å². The first-order valence-corrected chi connectivity index (χ1v) is 6.56. The molecule has 0 N–H and O–H groups in total. The second-order valence-corrected chi connectivity index (χ2v) is 5.23. The molecule has 0 saturated heterocycles. The number of rotatable bonds is 3. The Morgan fingerprint density at radius 2 is 1.89 bits per heavy atom. The van der Waals surface area contributed by atoms with Crippen LogP contribution in [0.2, 0.25) is 5.02 Å². The molecule has 0 spiro atoms. The van der Waals surface area contributed by atoms with Crippen molar-refractivity contribution in [2.45, 2.75) is 6.42 Å². The highest BCUT2D eigenvalue weighted by atomic mass is 79.9. The third-order valence-electron chi connectivity index (χ3n) is 2.60. The number of carbonyl (C=O) groups is 1. The third-order valence-corrected chi connectivity index (χ3v) is 3.83. The van der Waals surface area contributed by atoms with Crippen LogP contribution in [-0.4, -0.2) is 5.78 Å². The summed E-state index contributed by atoms with van der Waals surface area (Å²) in [6.45, 7) is 0. The van der Waals surface area contributed by atoms with Gasteiger partial charge in [0.05, 0.1) is 5.02 Å². The lowest BCUT2D eigenvalue weighted by Crippen LogP contribution is -2.05. The van der Waals surface area contributed by atoms with Crippen LogP contribution in [0.25, 0.3) is 0 Å². The molecule has 2 aromatic carbocycles. The highest BCUT2D eigenvalue weighted by Crippen LogP contribution is 2.24. The Bertz CT molecular complexity index is 643. The molecule has 0 aliphatic heterocycles. The molecule has 0 aliphatic rings. The molecule has 0 bridgehead atoms. The molecule has 0 atom stereocenters. The monoisotopic (exact) mass is 344 g/mol. The number of Topliss-reactive ketones (excluding diaryl/α,β-unsaturated/α-hetero) is 1. The van der Waals surface area contributed by atoms with E-state index in [9.17, 15) is 13.6 Å². The predicted octanol–water partition coefficient (Wildman–Crippen LogP) is 4.81. The van der Waals surface area contributed by atoms with E-state index in [1.807, 2.05) is 0 Å². The van der Waals surface area contributed by atoms with Crippen LogP contribution in [-0.2, 0) is 6.42 Å². The number of hydrogen-bond donors (Lipinski definition) is 0. The van der Waals surface area contributed by atoms with Crippen LogP contribution in [0.4, 0.5) is 8.78 Å². The van der Waals surface area contributed by atoms with Crippen LogP contribution in [0.3, 0.4) is 0 Å². The van der Waals surface area contributed by atoms with Gasteiger partial charge in [-0.2, -0.15) is 0 Å². The van der Waals surface area contributed by atoms with Gasteiger partial charge in [0, 0.05) is 16.5 Å². The van der Waals surface area contributed by atoms with Crippen molar-refractivity contribution in [3.63, 3.8) is 0 Å². The van der Waals surface area contributed by atoms with E-state index in [1.54, 1.807) is 12.1 Å². The molecule has 0 aromatic heterocycles. The van der Waals surface area contributed by atoms with E-state index >= 15 is 0 Å². The molecule has 98 valence electrons. The molecule has 0 radical (unpaired) electrons. The first-order valence-electron chi connectivity index (χ1n) is 5.39. The Hall–Kier alpha value is -1.26. The van der Waals surface area contributed by atoms with Crippen molar-refractivity contribution in [2.24, 2.45) is 0 Å². The predicted molar refractivity (Wildman–Crippen MR) is 73.5 cm³/mol. The van der Waals surface area contributed by atoms with Gasteiger partial charge in [0.25, 0.3) is 0 Å². The number of ketones is 1. The van der Waals surface area contributed by atoms with E-state index in [0.717, 1.165) is 18.2 Å². The molecule has 0 saturated carbocycles. The van der Waals surface area contributed by atoms with Crippen LogP contribution < -0.4 is 0 Å². The summed E-state index contributed by atoms with van der Waals surface area (Å²) < 4.78 is 27.1. The van der Waals surface area contributed by atoms with Gasteiger partial charge in [-0.1, -0.05) is 17.7 Å². The molecule has 0 unspecified atom stereocenters. The maximum absolute atomic E-state index is 13.4. The van der Waals surface area contributed by atoms with E-state index in [2.05, 4.69) is 15.9 Å². The van der Waals surface area contributed by atoms with Gasteiger partial charge in [0.1, 0.15) is 11.6 Å². The minimum Gasteiger partial charge on any atom is -0.294 e. The average molecular weight is 346 g/mol. The highest BCUT2D eigenvalue weighted by Gasteiger charge is 2.12. The summed E-state index contributed by atoms with van der Waals surface area (Å²) >= 11 is 9.10. The lowest BCUT2D eigenvalue weighted by atomic mass is 10.0. The van der Waals surface area contributed by atoms with Gasteiger partial charge in [-0.25, -0.2) is 8.78 Å². The first-order chi connectivity index (χ1) is 8.97. The number of carbonyl (C=O) groups excluding carboxylic acids is 1. The third kappa shape index (κ3) is 3.39. The zero-order chi connectivity index (χ0) is 14.0. The van der Waals surface area contributed by atoms with E-state index in [-0.39, 0.29) is 17.8 Å². The van der Waals surface area contributed by atoms with Gasteiger partial charge < -0.3 is 0 Å². The zero-order valence-electron chi connectivity index (χ0n) is 9.59. The molecule has 0 heterocycles. The quantitative estimate of drug-likeness (QED) is 0.730. The Morgan fingerprint density at radius 3 is 2.58 bits per heavy atom. The van der Waals surface area contributed by atoms with Gasteiger partial charge in [-0.3, -0.25) is 4.79 Å². The van der Waals surface area contributed by atoms with E-state index in [1.165, 1.54) is 6.07 Å². The van der Waals surface area contributed by atoms with Crippen molar-refractivity contribution in [2.75, 3.05) is 0 Å². The lowest BCUT2D eigenvalue weighted by molar-refractivity contribution is 0.0992. The number of halogens is 4. The fourth-order valence-electron chi connectivity index (χ4n) is 1.62. The lowest BCUT2D eigenvalue weighted by Gasteiger charge is -2.04. The summed E-state index contributed by atoms with van der Waals surface area (Å²) in [5.41, 5.74) is 0.390. The van der Waals surface area contributed by atoms with Crippen molar-refractivity contribution >= 4 is 33.3 Å². The maximum Gasteiger partial charge on any atom is 0.167 e. The topological polar surface area (TPSA) is 17.1 Å². The molecule has 0 fully saturated rings. The summed E-state index contributed by atoms with van der Waals surface area (Å²) in [6.07, 6.45) is -0.207. The Labute approximate surface area is 122 Å². The second-order valence-electron chi connectivity index (χ2n) is 3.96. The summed E-state index contributed by atoms with van der Waals surface area (Å²) in [5, 5.41) is 0.394. The molecule has 2 aromatic rings. The summed E-state index contributed by atoms with van der Waals surface area (Å²) in [7, 11) is 0. The minimum atomic E-state index is -0.599. The molecule has 5 heteroatoms. The molecule has 1 nitrogen and oxygen atoms in total. The molecule has 0 amide bonds. The van der Waals surface area contributed by atoms with Crippen molar-refractivity contribution < 1.29 is 13.6 Å². The van der Waals surface area contributed by atoms with Gasteiger partial charge in [-0.05, 0) is 51.8 Å². The van der Waals surface area contributed by atoms with Crippen LogP contribution in [0, 0.1) is 11.6 Å². The molecule has 0 aliphatic carbocycles. The highest BCUT2D eigenvalue weighted by molar-refractivity contribution is 9.10. The normalized spacial score (nSPS) is 10.5. The van der Waals surface area contributed by atoms with Crippen molar-refractivity contribution in [3.8, 4) is 0 Å². The minimum absolute atomic E-state index is 0.0315. The number of hydrogen-bond acceptors (Lipinski definition) is 1. The zero-order valence-corrected chi connectivity index (χ0v) is 11.9. The smallest absolute Gasteiger partial charge is 0.167 e. The Morgan fingerprint density at radius 1 is 1.16 bits per heavy atom. The first kappa shape index (κ1) is 14.2. The van der Waals surface area contributed by atoms with Crippen LogP contribution in [0.5, 0.6) is 0 Å².